The molecule has 0 radical (unpaired) electrons. The number of rotatable bonds is 7. The Morgan fingerprint density at radius 2 is 0.810 bits per heavy atom. The zero-order chi connectivity index (χ0) is 38.4. The molecule has 0 aliphatic rings. The fourth-order valence-electron chi connectivity index (χ4n) is 8.87. The van der Waals surface area contributed by atoms with Gasteiger partial charge in [-0.1, -0.05) is 170 Å². The minimum Gasteiger partial charge on any atom is -0.310 e. The van der Waals surface area contributed by atoms with Crippen molar-refractivity contribution in [1.82, 2.24) is 4.57 Å². The Morgan fingerprint density at radius 3 is 1.52 bits per heavy atom. The molecule has 11 rings (SSSR count). The number of fused-ring (bicyclic) bond motifs is 6. The second-order valence-electron chi connectivity index (χ2n) is 14.9. The summed E-state index contributed by atoms with van der Waals surface area (Å²) in [5.41, 5.74) is 14.0. The van der Waals surface area contributed by atoms with E-state index in [0.717, 1.165) is 22.7 Å². The summed E-state index contributed by atoms with van der Waals surface area (Å²) in [4.78, 5) is 2.39. The summed E-state index contributed by atoms with van der Waals surface area (Å²) < 4.78 is 2.38. The average Bonchev–Trinajstić information content (AvgIpc) is 3.64. The lowest BCUT2D eigenvalue weighted by atomic mass is 9.93. The van der Waals surface area contributed by atoms with E-state index in [1.54, 1.807) is 0 Å². The van der Waals surface area contributed by atoms with Gasteiger partial charge >= 0.3 is 0 Å². The molecule has 0 unspecified atom stereocenters. The van der Waals surface area contributed by atoms with E-state index < -0.39 is 0 Å². The van der Waals surface area contributed by atoms with Gasteiger partial charge in [0.1, 0.15) is 0 Å². The van der Waals surface area contributed by atoms with E-state index >= 15 is 0 Å². The average molecular weight is 739 g/mol. The van der Waals surface area contributed by atoms with Crippen molar-refractivity contribution < 1.29 is 0 Å². The van der Waals surface area contributed by atoms with Gasteiger partial charge in [-0.2, -0.15) is 0 Å². The molecule has 0 spiro atoms. The van der Waals surface area contributed by atoms with Gasteiger partial charge in [0.2, 0.25) is 0 Å². The maximum Gasteiger partial charge on any atom is 0.0541 e. The van der Waals surface area contributed by atoms with Crippen molar-refractivity contribution in [3.8, 4) is 39.1 Å². The molecule has 1 aromatic heterocycles. The van der Waals surface area contributed by atoms with E-state index in [-0.39, 0.29) is 0 Å². The first-order chi connectivity index (χ1) is 28.8. The SMILES string of the molecule is c1ccc(-c2ccccc2N(c2ccc(-c3cccc(-n4c5ccccc5c5ccccc54)c3)cc2)c2ccc(-c3cc4ccccc4c4ccccc34)cc2)cc1. The van der Waals surface area contributed by atoms with Gasteiger partial charge in [-0.05, 0) is 110 Å². The van der Waals surface area contributed by atoms with Crippen molar-refractivity contribution >= 4 is 60.4 Å². The number of hydrogen-bond acceptors (Lipinski definition) is 1. The molecule has 2 nitrogen and oxygen atoms in total. The summed E-state index contributed by atoms with van der Waals surface area (Å²) in [6.07, 6.45) is 0. The molecule has 272 valence electrons. The molecule has 0 atom stereocenters. The van der Waals surface area contributed by atoms with E-state index in [1.165, 1.54) is 76.7 Å². The van der Waals surface area contributed by atoms with Crippen molar-refractivity contribution in [2.75, 3.05) is 4.90 Å². The highest BCUT2D eigenvalue weighted by molar-refractivity contribution is 6.14. The summed E-state index contributed by atoms with van der Waals surface area (Å²) in [6, 6.07) is 83.6. The van der Waals surface area contributed by atoms with Crippen LogP contribution in [0.15, 0.2) is 231 Å². The van der Waals surface area contributed by atoms with Crippen molar-refractivity contribution in [3.05, 3.63) is 231 Å². The standard InChI is InChI=1S/C56H38N2/c1-2-15-40(16-3-1)48-21-8-11-26-54(48)57(45-35-31-41(32-36-45)53-38-43-17-4-5-20-47(43)49-22-6-7-23-50(49)53)44-33-29-39(30-34-44)42-18-14-19-46(37-42)58-55-27-12-9-24-51(55)52-25-10-13-28-56(52)58/h1-38H. The van der Waals surface area contributed by atoms with Gasteiger partial charge in [0.15, 0.2) is 0 Å². The fourth-order valence-corrected chi connectivity index (χ4v) is 8.87. The molecule has 11 aromatic rings. The molecular weight excluding hydrogens is 701 g/mol. The molecule has 10 aromatic carbocycles. The Kier molecular flexibility index (Phi) is 8.19. The second-order valence-corrected chi connectivity index (χ2v) is 14.9. The fraction of sp³-hybridized carbons (Fsp3) is 0. The molecule has 0 amide bonds. The molecular formula is C56H38N2. The maximum atomic E-state index is 2.39. The molecule has 0 saturated heterocycles. The highest BCUT2D eigenvalue weighted by atomic mass is 15.1. The molecule has 0 fully saturated rings. The topological polar surface area (TPSA) is 8.17 Å². The predicted octanol–water partition coefficient (Wildman–Crippen LogP) is 15.6. The number of nitrogens with zero attached hydrogens (tertiary/aromatic N) is 2. The monoisotopic (exact) mass is 738 g/mol. The number of benzene rings is 10. The second kappa shape index (κ2) is 14.1. The zero-order valence-corrected chi connectivity index (χ0v) is 31.8. The van der Waals surface area contributed by atoms with E-state index in [2.05, 4.69) is 240 Å². The van der Waals surface area contributed by atoms with Crippen LogP contribution in [-0.2, 0) is 0 Å². The molecule has 0 aliphatic carbocycles. The quantitative estimate of drug-likeness (QED) is 0.148. The Labute approximate surface area is 338 Å². The lowest BCUT2D eigenvalue weighted by molar-refractivity contribution is 1.18. The van der Waals surface area contributed by atoms with Crippen LogP contribution < -0.4 is 4.90 Å². The molecule has 1 heterocycles. The van der Waals surface area contributed by atoms with Crippen molar-refractivity contribution in [2.24, 2.45) is 0 Å². The van der Waals surface area contributed by atoms with E-state index in [0.29, 0.717) is 0 Å². The van der Waals surface area contributed by atoms with Crippen LogP contribution in [0.25, 0.3) is 82.4 Å². The van der Waals surface area contributed by atoms with Crippen LogP contribution in [0.2, 0.25) is 0 Å². The van der Waals surface area contributed by atoms with Crippen LogP contribution in [0.1, 0.15) is 0 Å². The first-order valence-electron chi connectivity index (χ1n) is 19.9. The Morgan fingerprint density at radius 1 is 0.293 bits per heavy atom. The highest BCUT2D eigenvalue weighted by Gasteiger charge is 2.19. The van der Waals surface area contributed by atoms with Gasteiger partial charge in [-0.25, -0.2) is 0 Å². The maximum absolute atomic E-state index is 2.39. The third-order valence-electron chi connectivity index (χ3n) is 11.6. The van der Waals surface area contributed by atoms with Crippen LogP contribution in [0.3, 0.4) is 0 Å². The molecule has 0 bridgehead atoms. The van der Waals surface area contributed by atoms with Crippen LogP contribution in [0.5, 0.6) is 0 Å². The van der Waals surface area contributed by atoms with Crippen LogP contribution in [-0.4, -0.2) is 4.57 Å². The Bertz CT molecular complexity index is 3210. The molecule has 58 heavy (non-hydrogen) atoms. The summed E-state index contributed by atoms with van der Waals surface area (Å²) in [6.45, 7) is 0. The van der Waals surface area contributed by atoms with Crippen LogP contribution in [0.4, 0.5) is 17.1 Å². The molecule has 0 aliphatic heterocycles. The van der Waals surface area contributed by atoms with E-state index in [4.69, 9.17) is 0 Å². The van der Waals surface area contributed by atoms with Gasteiger partial charge in [0, 0.05) is 33.4 Å². The summed E-state index contributed by atoms with van der Waals surface area (Å²) in [7, 11) is 0. The van der Waals surface area contributed by atoms with Gasteiger partial charge in [0.25, 0.3) is 0 Å². The lowest BCUT2D eigenvalue weighted by Crippen LogP contribution is -2.11. The largest absolute Gasteiger partial charge is 0.310 e. The minimum atomic E-state index is 1.09. The normalized spacial score (nSPS) is 11.4. The zero-order valence-electron chi connectivity index (χ0n) is 31.8. The number of aromatic nitrogens is 1. The number of para-hydroxylation sites is 3. The first-order valence-corrected chi connectivity index (χ1v) is 19.9. The van der Waals surface area contributed by atoms with Gasteiger partial charge in [-0.15, -0.1) is 0 Å². The van der Waals surface area contributed by atoms with Gasteiger partial charge in [-0.3, -0.25) is 0 Å². The molecule has 0 saturated carbocycles. The third-order valence-corrected chi connectivity index (χ3v) is 11.6. The number of anilines is 3. The van der Waals surface area contributed by atoms with Crippen molar-refractivity contribution in [3.63, 3.8) is 0 Å². The Hall–Kier alpha value is -7.68. The minimum absolute atomic E-state index is 1.09. The summed E-state index contributed by atoms with van der Waals surface area (Å²) in [5, 5.41) is 7.60. The van der Waals surface area contributed by atoms with E-state index in [1.807, 2.05) is 0 Å². The lowest BCUT2D eigenvalue weighted by Gasteiger charge is -2.28. The molecule has 2 heteroatoms. The third kappa shape index (κ3) is 5.74. The van der Waals surface area contributed by atoms with Gasteiger partial charge in [0.05, 0.1) is 16.7 Å². The molecule has 0 N–H and O–H groups in total. The van der Waals surface area contributed by atoms with E-state index in [9.17, 15) is 0 Å². The predicted molar refractivity (Wildman–Crippen MR) is 247 cm³/mol. The highest BCUT2D eigenvalue weighted by Crippen LogP contribution is 2.43. The summed E-state index contributed by atoms with van der Waals surface area (Å²) in [5.74, 6) is 0. The smallest absolute Gasteiger partial charge is 0.0541 e. The first kappa shape index (κ1) is 33.6. The van der Waals surface area contributed by atoms with Crippen LogP contribution in [0, 0.1) is 0 Å². The number of hydrogen-bond donors (Lipinski definition) is 0. The summed E-state index contributed by atoms with van der Waals surface area (Å²) >= 11 is 0. The Balaban J connectivity index is 1.01. The van der Waals surface area contributed by atoms with Crippen molar-refractivity contribution in [1.29, 1.82) is 0 Å². The van der Waals surface area contributed by atoms with Crippen molar-refractivity contribution in [2.45, 2.75) is 0 Å². The van der Waals surface area contributed by atoms with Crippen LogP contribution >= 0.6 is 0 Å². The van der Waals surface area contributed by atoms with Gasteiger partial charge < -0.3 is 9.47 Å².